The van der Waals surface area contributed by atoms with Crippen LogP contribution in [0.2, 0.25) is 0 Å². The molecule has 0 atom stereocenters. The molecule has 0 saturated heterocycles. The Morgan fingerprint density at radius 3 is 2.74 bits per heavy atom. The number of hydrogen-bond donors (Lipinski definition) is 1. The van der Waals surface area contributed by atoms with Crippen LogP contribution in [0.25, 0.3) is 0 Å². The van der Waals surface area contributed by atoms with Crippen molar-refractivity contribution in [3.05, 3.63) is 40.8 Å². The molecule has 0 fully saturated rings. The van der Waals surface area contributed by atoms with E-state index in [1.54, 1.807) is 37.3 Å². The second-order valence-electron chi connectivity index (χ2n) is 5.86. The first-order chi connectivity index (χ1) is 10.9. The molecule has 1 amide bonds. The van der Waals surface area contributed by atoms with E-state index in [2.05, 4.69) is 29.2 Å². The van der Waals surface area contributed by atoms with Gasteiger partial charge in [0.2, 0.25) is 0 Å². The van der Waals surface area contributed by atoms with Crippen LogP contribution in [0.15, 0.2) is 18.3 Å². The lowest BCUT2D eigenvalue weighted by atomic mass is 10.2. The highest BCUT2D eigenvalue weighted by atomic mass is 16.2. The van der Waals surface area contributed by atoms with Gasteiger partial charge in [0.15, 0.2) is 0 Å². The second-order valence-corrected chi connectivity index (χ2v) is 5.86. The maximum absolute atomic E-state index is 12.0. The van der Waals surface area contributed by atoms with E-state index in [0.29, 0.717) is 17.9 Å². The van der Waals surface area contributed by atoms with E-state index < -0.39 is 0 Å². The molecular weight excluding hydrogens is 290 g/mol. The number of rotatable bonds is 6. The van der Waals surface area contributed by atoms with Crippen molar-refractivity contribution in [2.75, 3.05) is 19.4 Å². The average Bonchev–Trinajstić information content (AvgIpc) is 2.79. The zero-order valence-corrected chi connectivity index (χ0v) is 14.6. The fourth-order valence-corrected chi connectivity index (χ4v) is 2.52. The van der Waals surface area contributed by atoms with Crippen LogP contribution in [0.1, 0.15) is 40.7 Å². The van der Waals surface area contributed by atoms with Gasteiger partial charge >= 0.3 is 0 Å². The molecule has 2 rings (SSSR count). The molecule has 1 N–H and O–H groups in total. The first kappa shape index (κ1) is 17.0. The Bertz CT molecular complexity index is 690. The van der Waals surface area contributed by atoms with Gasteiger partial charge in [0, 0.05) is 50.2 Å². The third-order valence-corrected chi connectivity index (χ3v) is 3.83. The Hall–Kier alpha value is -2.37. The van der Waals surface area contributed by atoms with Crippen molar-refractivity contribution >= 4 is 11.7 Å². The lowest BCUT2D eigenvalue weighted by Crippen LogP contribution is -2.21. The highest BCUT2D eigenvalue weighted by molar-refractivity contribution is 5.94. The van der Waals surface area contributed by atoms with Gasteiger partial charge in [-0.05, 0) is 32.4 Å². The average molecular weight is 315 g/mol. The highest BCUT2D eigenvalue weighted by Crippen LogP contribution is 2.16. The fourth-order valence-electron chi connectivity index (χ4n) is 2.52. The minimum atomic E-state index is -0.0291. The number of pyridine rings is 1. The van der Waals surface area contributed by atoms with Gasteiger partial charge in [0.05, 0.1) is 5.69 Å². The summed E-state index contributed by atoms with van der Waals surface area (Å²) >= 11 is 0. The summed E-state index contributed by atoms with van der Waals surface area (Å²) in [6.45, 7) is 7.83. The third-order valence-electron chi connectivity index (χ3n) is 3.83. The predicted octanol–water partition coefficient (Wildman–Crippen LogP) is 2.62. The van der Waals surface area contributed by atoms with Gasteiger partial charge in [0.1, 0.15) is 5.82 Å². The minimum Gasteiger partial charge on any atom is -0.366 e. The molecule has 2 aromatic rings. The summed E-state index contributed by atoms with van der Waals surface area (Å²) in [6.07, 6.45) is 2.71. The number of hydrogen-bond acceptors (Lipinski definition) is 4. The summed E-state index contributed by atoms with van der Waals surface area (Å²) < 4.78 is 2.05. The van der Waals surface area contributed by atoms with Crippen LogP contribution in [0.5, 0.6) is 0 Å². The molecule has 0 unspecified atom stereocenters. The SMILES string of the molecule is CCCn1nc(C)c(CNc2cc(C(=O)N(C)C)ccn2)c1C. The van der Waals surface area contributed by atoms with E-state index in [0.717, 1.165) is 18.7 Å². The number of aromatic nitrogens is 3. The molecule has 0 spiro atoms. The molecule has 0 bridgehead atoms. The molecule has 0 saturated carbocycles. The number of aryl methyl sites for hydroxylation is 2. The van der Waals surface area contributed by atoms with Crippen molar-refractivity contribution in [1.82, 2.24) is 19.7 Å². The Morgan fingerprint density at radius 2 is 2.09 bits per heavy atom. The lowest BCUT2D eigenvalue weighted by molar-refractivity contribution is 0.0827. The van der Waals surface area contributed by atoms with Crippen molar-refractivity contribution in [3.8, 4) is 0 Å². The van der Waals surface area contributed by atoms with Crippen LogP contribution in [0.3, 0.4) is 0 Å². The van der Waals surface area contributed by atoms with Crippen LogP contribution in [0, 0.1) is 13.8 Å². The lowest BCUT2D eigenvalue weighted by Gasteiger charge is -2.11. The summed E-state index contributed by atoms with van der Waals surface area (Å²) in [5.74, 6) is 0.665. The number of carbonyl (C=O) groups excluding carboxylic acids is 1. The van der Waals surface area contributed by atoms with Crippen molar-refractivity contribution in [2.45, 2.75) is 40.3 Å². The fraction of sp³-hybridized carbons (Fsp3) is 0.471. The Labute approximate surface area is 137 Å². The maximum Gasteiger partial charge on any atom is 0.253 e. The van der Waals surface area contributed by atoms with Crippen LogP contribution in [-0.4, -0.2) is 39.7 Å². The molecule has 0 aliphatic heterocycles. The van der Waals surface area contributed by atoms with Gasteiger partial charge in [-0.2, -0.15) is 5.10 Å². The van der Waals surface area contributed by atoms with Crippen LogP contribution < -0.4 is 5.32 Å². The van der Waals surface area contributed by atoms with E-state index in [9.17, 15) is 4.79 Å². The van der Waals surface area contributed by atoms with Crippen LogP contribution >= 0.6 is 0 Å². The molecular formula is C17H25N5O. The quantitative estimate of drug-likeness (QED) is 0.890. The highest BCUT2D eigenvalue weighted by Gasteiger charge is 2.12. The normalized spacial score (nSPS) is 10.7. The van der Waals surface area contributed by atoms with E-state index in [-0.39, 0.29) is 5.91 Å². The summed E-state index contributed by atoms with van der Waals surface area (Å²) in [4.78, 5) is 17.9. The molecule has 0 aliphatic rings. The monoisotopic (exact) mass is 315 g/mol. The minimum absolute atomic E-state index is 0.0291. The zero-order chi connectivity index (χ0) is 17.0. The molecule has 0 aromatic carbocycles. The number of nitrogens with zero attached hydrogens (tertiary/aromatic N) is 4. The summed E-state index contributed by atoms with van der Waals surface area (Å²) in [7, 11) is 3.48. The molecule has 2 heterocycles. The molecule has 0 aliphatic carbocycles. The van der Waals surface area contributed by atoms with E-state index in [1.165, 1.54) is 11.3 Å². The number of anilines is 1. The Morgan fingerprint density at radius 1 is 1.35 bits per heavy atom. The molecule has 124 valence electrons. The molecule has 6 heteroatoms. The summed E-state index contributed by atoms with van der Waals surface area (Å²) in [5.41, 5.74) is 4.02. The smallest absolute Gasteiger partial charge is 0.253 e. The first-order valence-corrected chi connectivity index (χ1v) is 7.88. The summed E-state index contributed by atoms with van der Waals surface area (Å²) in [6, 6.07) is 3.51. The third kappa shape index (κ3) is 3.88. The standard InChI is InChI=1S/C17H25N5O/c1-6-9-22-13(3)15(12(2)20-22)11-19-16-10-14(7-8-18-16)17(23)21(4)5/h7-8,10H,6,9,11H2,1-5H3,(H,18,19). The van der Waals surface area contributed by atoms with Crippen LogP contribution in [-0.2, 0) is 13.1 Å². The van der Waals surface area contributed by atoms with Gasteiger partial charge in [-0.15, -0.1) is 0 Å². The predicted molar refractivity (Wildman–Crippen MR) is 91.6 cm³/mol. The Balaban J connectivity index is 2.13. The summed E-state index contributed by atoms with van der Waals surface area (Å²) in [5, 5.41) is 7.87. The largest absolute Gasteiger partial charge is 0.366 e. The molecule has 0 radical (unpaired) electrons. The van der Waals surface area contributed by atoms with Gasteiger partial charge in [-0.25, -0.2) is 4.98 Å². The van der Waals surface area contributed by atoms with Gasteiger partial charge in [0.25, 0.3) is 5.91 Å². The van der Waals surface area contributed by atoms with Gasteiger partial charge in [-0.3, -0.25) is 9.48 Å². The number of amides is 1. The topological polar surface area (TPSA) is 63.1 Å². The molecule has 2 aromatic heterocycles. The molecule has 6 nitrogen and oxygen atoms in total. The van der Waals surface area contributed by atoms with E-state index >= 15 is 0 Å². The second kappa shape index (κ2) is 7.26. The van der Waals surface area contributed by atoms with Crippen molar-refractivity contribution in [3.63, 3.8) is 0 Å². The van der Waals surface area contributed by atoms with Gasteiger partial charge in [-0.1, -0.05) is 6.92 Å². The van der Waals surface area contributed by atoms with Crippen molar-refractivity contribution in [2.24, 2.45) is 0 Å². The van der Waals surface area contributed by atoms with E-state index in [1.807, 2.05) is 11.6 Å². The maximum atomic E-state index is 12.0. The Kier molecular flexibility index (Phi) is 5.36. The first-order valence-electron chi connectivity index (χ1n) is 7.88. The van der Waals surface area contributed by atoms with Crippen LogP contribution in [0.4, 0.5) is 5.82 Å². The van der Waals surface area contributed by atoms with Crippen molar-refractivity contribution in [1.29, 1.82) is 0 Å². The molecule has 23 heavy (non-hydrogen) atoms. The van der Waals surface area contributed by atoms with Crippen molar-refractivity contribution < 1.29 is 4.79 Å². The van der Waals surface area contributed by atoms with E-state index in [4.69, 9.17) is 0 Å². The zero-order valence-electron chi connectivity index (χ0n) is 14.6. The van der Waals surface area contributed by atoms with Gasteiger partial charge < -0.3 is 10.2 Å². The number of carbonyl (C=O) groups is 1. The number of nitrogens with one attached hydrogen (secondary N) is 1.